The number of anilines is 1. The molecule has 6 heteroatoms. The molecule has 0 bridgehead atoms. The lowest BCUT2D eigenvalue weighted by molar-refractivity contribution is -0.113. The molecule has 0 atom stereocenters. The monoisotopic (exact) mass is 352 g/mol. The molecule has 1 N–H and O–H groups in total. The van der Waals surface area contributed by atoms with Gasteiger partial charge < -0.3 is 15.0 Å². The van der Waals surface area contributed by atoms with Gasteiger partial charge in [0.05, 0.1) is 12.4 Å². The Labute approximate surface area is 148 Å². The summed E-state index contributed by atoms with van der Waals surface area (Å²) >= 11 is 6.88. The number of rotatable bonds is 5. The van der Waals surface area contributed by atoms with E-state index in [4.69, 9.17) is 17.0 Å². The van der Waals surface area contributed by atoms with Crippen molar-refractivity contribution in [1.29, 1.82) is 0 Å². The number of benzene rings is 1. The van der Waals surface area contributed by atoms with E-state index in [1.165, 1.54) is 24.6 Å². The lowest BCUT2D eigenvalue weighted by atomic mass is 10.00. The first kappa shape index (κ1) is 18.1. The van der Waals surface area contributed by atoms with Crippen LogP contribution in [-0.2, 0) is 4.79 Å². The minimum atomic E-state index is -0.0353. The van der Waals surface area contributed by atoms with E-state index in [1.807, 2.05) is 31.2 Å². The Morgan fingerprint density at radius 3 is 2.61 bits per heavy atom. The van der Waals surface area contributed by atoms with Crippen molar-refractivity contribution in [1.82, 2.24) is 4.90 Å². The number of thiocarbonyl (C=S) groups is 1. The molecule has 1 aliphatic rings. The molecule has 1 aliphatic heterocycles. The fourth-order valence-corrected chi connectivity index (χ4v) is 3.46. The van der Waals surface area contributed by atoms with Crippen LogP contribution in [0.1, 0.15) is 26.7 Å². The van der Waals surface area contributed by atoms with E-state index in [-0.39, 0.29) is 5.91 Å². The van der Waals surface area contributed by atoms with E-state index >= 15 is 0 Å². The zero-order valence-electron chi connectivity index (χ0n) is 13.7. The van der Waals surface area contributed by atoms with Crippen LogP contribution in [-0.4, -0.2) is 40.6 Å². The Balaban J connectivity index is 1.73. The average Bonchev–Trinajstić information content (AvgIpc) is 2.55. The first-order chi connectivity index (χ1) is 11.1. The van der Waals surface area contributed by atoms with E-state index < -0.39 is 0 Å². The zero-order chi connectivity index (χ0) is 16.7. The van der Waals surface area contributed by atoms with Crippen LogP contribution in [0.5, 0.6) is 5.75 Å². The van der Waals surface area contributed by atoms with Crippen molar-refractivity contribution in [2.24, 2.45) is 5.92 Å². The predicted octanol–water partition coefficient (Wildman–Crippen LogP) is 3.77. The van der Waals surface area contributed by atoms with Gasteiger partial charge in [-0.3, -0.25) is 4.79 Å². The SMILES string of the molecule is CCOc1ccc(NC(=O)CSC(=S)N2CCC(C)CC2)cc1. The maximum Gasteiger partial charge on any atom is 0.234 e. The number of likely N-dealkylation sites (tertiary alicyclic amines) is 1. The third-order valence-corrected chi connectivity index (χ3v) is 5.34. The molecule has 0 unspecified atom stereocenters. The molecule has 126 valence electrons. The Morgan fingerprint density at radius 1 is 1.35 bits per heavy atom. The first-order valence-electron chi connectivity index (χ1n) is 8.03. The number of carbonyl (C=O) groups excluding carboxylic acids is 1. The van der Waals surface area contributed by atoms with Gasteiger partial charge in [-0.1, -0.05) is 30.9 Å². The molecule has 0 radical (unpaired) electrons. The summed E-state index contributed by atoms with van der Waals surface area (Å²) in [6, 6.07) is 7.40. The zero-order valence-corrected chi connectivity index (χ0v) is 15.3. The van der Waals surface area contributed by atoms with Gasteiger partial charge in [0.15, 0.2) is 0 Å². The number of piperidine rings is 1. The van der Waals surface area contributed by atoms with E-state index in [1.54, 1.807) is 0 Å². The molecule has 4 nitrogen and oxygen atoms in total. The molecule has 0 spiro atoms. The molecule has 0 aliphatic carbocycles. The molecule has 1 amide bonds. The molecule has 23 heavy (non-hydrogen) atoms. The van der Waals surface area contributed by atoms with Crippen molar-refractivity contribution in [3.05, 3.63) is 24.3 Å². The highest BCUT2D eigenvalue weighted by Gasteiger charge is 2.18. The second kappa shape index (κ2) is 9.13. The lowest BCUT2D eigenvalue weighted by Crippen LogP contribution is -2.36. The van der Waals surface area contributed by atoms with Crippen molar-refractivity contribution in [2.45, 2.75) is 26.7 Å². The number of carbonyl (C=O) groups is 1. The van der Waals surface area contributed by atoms with E-state index in [2.05, 4.69) is 17.1 Å². The normalized spacial score (nSPS) is 15.3. The topological polar surface area (TPSA) is 41.6 Å². The maximum atomic E-state index is 12.0. The van der Waals surface area contributed by atoms with Crippen LogP contribution in [0.4, 0.5) is 5.69 Å². The van der Waals surface area contributed by atoms with Gasteiger partial charge in [0.25, 0.3) is 0 Å². The number of thioether (sulfide) groups is 1. The molecule has 2 rings (SSSR count). The molecule has 1 aromatic rings. The highest BCUT2D eigenvalue weighted by molar-refractivity contribution is 8.23. The number of nitrogens with zero attached hydrogens (tertiary/aromatic N) is 1. The highest BCUT2D eigenvalue weighted by Crippen LogP contribution is 2.21. The Kier molecular flexibility index (Phi) is 7.17. The third kappa shape index (κ3) is 6.03. The predicted molar refractivity (Wildman–Crippen MR) is 101 cm³/mol. The summed E-state index contributed by atoms with van der Waals surface area (Å²) in [5, 5.41) is 2.88. The lowest BCUT2D eigenvalue weighted by Gasteiger charge is -2.31. The standard InChI is InChI=1S/C17H24N2O2S2/c1-3-21-15-6-4-14(5-7-15)18-16(20)12-23-17(22)19-10-8-13(2)9-11-19/h4-7,13H,3,8-12H2,1-2H3,(H,18,20). The molecule has 1 saturated heterocycles. The average molecular weight is 353 g/mol. The number of ether oxygens (including phenoxy) is 1. The van der Waals surface area contributed by atoms with Gasteiger partial charge >= 0.3 is 0 Å². The van der Waals surface area contributed by atoms with Gasteiger partial charge in [-0.15, -0.1) is 0 Å². The number of nitrogens with one attached hydrogen (secondary N) is 1. The second-order valence-corrected chi connectivity index (χ2v) is 7.34. The van der Waals surface area contributed by atoms with Crippen molar-refractivity contribution in [3.8, 4) is 5.75 Å². The number of amides is 1. The summed E-state index contributed by atoms with van der Waals surface area (Å²) in [6.45, 7) is 6.87. The number of hydrogen-bond acceptors (Lipinski definition) is 4. The summed E-state index contributed by atoms with van der Waals surface area (Å²) in [5.41, 5.74) is 0.775. The largest absolute Gasteiger partial charge is 0.494 e. The smallest absolute Gasteiger partial charge is 0.234 e. The summed E-state index contributed by atoms with van der Waals surface area (Å²) in [4.78, 5) is 14.2. The van der Waals surface area contributed by atoms with Crippen molar-refractivity contribution >= 4 is 39.9 Å². The highest BCUT2D eigenvalue weighted by atomic mass is 32.2. The minimum Gasteiger partial charge on any atom is -0.494 e. The summed E-state index contributed by atoms with van der Waals surface area (Å²) in [5.74, 6) is 1.90. The first-order valence-corrected chi connectivity index (χ1v) is 9.42. The van der Waals surface area contributed by atoms with Crippen LogP contribution < -0.4 is 10.1 Å². The quantitative estimate of drug-likeness (QED) is 0.817. The maximum absolute atomic E-state index is 12.0. The van der Waals surface area contributed by atoms with Gasteiger partial charge in [-0.05, 0) is 49.9 Å². The summed E-state index contributed by atoms with van der Waals surface area (Å²) < 4.78 is 6.21. The van der Waals surface area contributed by atoms with Crippen molar-refractivity contribution in [2.75, 3.05) is 30.8 Å². The van der Waals surface area contributed by atoms with Crippen molar-refractivity contribution < 1.29 is 9.53 Å². The Bertz CT molecular complexity index is 526. The summed E-state index contributed by atoms with van der Waals surface area (Å²) in [6.07, 6.45) is 2.36. The fraction of sp³-hybridized carbons (Fsp3) is 0.529. The molecular weight excluding hydrogens is 328 g/mol. The van der Waals surface area contributed by atoms with Gasteiger partial charge in [0.2, 0.25) is 5.91 Å². The van der Waals surface area contributed by atoms with Gasteiger partial charge in [-0.25, -0.2) is 0 Å². The second-order valence-electron chi connectivity index (χ2n) is 5.73. The van der Waals surface area contributed by atoms with E-state index in [9.17, 15) is 4.79 Å². The minimum absolute atomic E-state index is 0.0353. The van der Waals surface area contributed by atoms with Crippen LogP contribution in [0.15, 0.2) is 24.3 Å². The van der Waals surface area contributed by atoms with Crippen LogP contribution in [0.3, 0.4) is 0 Å². The molecule has 0 saturated carbocycles. The van der Waals surface area contributed by atoms with Gasteiger partial charge in [0, 0.05) is 18.8 Å². The molecule has 0 aromatic heterocycles. The van der Waals surface area contributed by atoms with Crippen LogP contribution >= 0.6 is 24.0 Å². The third-order valence-electron chi connectivity index (χ3n) is 3.82. The Morgan fingerprint density at radius 2 is 2.00 bits per heavy atom. The molecule has 1 heterocycles. The van der Waals surface area contributed by atoms with Gasteiger partial charge in [-0.2, -0.15) is 0 Å². The summed E-state index contributed by atoms with van der Waals surface area (Å²) in [7, 11) is 0. The van der Waals surface area contributed by atoms with Crippen molar-refractivity contribution in [3.63, 3.8) is 0 Å². The fourth-order valence-electron chi connectivity index (χ4n) is 2.41. The van der Waals surface area contributed by atoms with E-state index in [0.29, 0.717) is 12.4 Å². The molecule has 1 fully saturated rings. The van der Waals surface area contributed by atoms with Gasteiger partial charge in [0.1, 0.15) is 10.1 Å². The van der Waals surface area contributed by atoms with Crippen LogP contribution in [0, 0.1) is 5.92 Å². The van der Waals surface area contributed by atoms with Crippen LogP contribution in [0.2, 0.25) is 0 Å². The van der Waals surface area contributed by atoms with E-state index in [0.717, 1.165) is 34.8 Å². The van der Waals surface area contributed by atoms with Crippen LogP contribution in [0.25, 0.3) is 0 Å². The molecule has 1 aromatic carbocycles. The molecular formula is C17H24N2O2S2. The Hall–Kier alpha value is -1.27. The number of hydrogen-bond donors (Lipinski definition) is 1.